The first-order chi connectivity index (χ1) is 14.2. The molecule has 1 aliphatic rings. The van der Waals surface area contributed by atoms with Crippen molar-refractivity contribution in [1.29, 1.82) is 0 Å². The molecule has 3 heterocycles. The van der Waals surface area contributed by atoms with E-state index in [2.05, 4.69) is 10.3 Å². The van der Waals surface area contributed by atoms with Gasteiger partial charge in [-0.25, -0.2) is 4.98 Å². The van der Waals surface area contributed by atoms with E-state index in [1.807, 2.05) is 35.7 Å². The predicted molar refractivity (Wildman–Crippen MR) is 114 cm³/mol. The number of rotatable bonds is 8. The minimum absolute atomic E-state index is 0.136. The Labute approximate surface area is 177 Å². The topological polar surface area (TPSA) is 69.7 Å². The molecule has 0 saturated carbocycles. The van der Waals surface area contributed by atoms with Gasteiger partial charge >= 0.3 is 0 Å². The Morgan fingerprint density at radius 2 is 2.28 bits per heavy atom. The summed E-state index contributed by atoms with van der Waals surface area (Å²) in [5.74, 6) is 1.19. The first-order valence-electron chi connectivity index (χ1n) is 9.42. The van der Waals surface area contributed by atoms with Crippen molar-refractivity contribution < 1.29 is 19.0 Å². The second-order valence-electron chi connectivity index (χ2n) is 6.62. The molecule has 1 unspecified atom stereocenters. The number of benzene rings is 1. The Morgan fingerprint density at radius 1 is 1.34 bits per heavy atom. The van der Waals surface area contributed by atoms with Crippen molar-refractivity contribution >= 4 is 28.6 Å². The van der Waals surface area contributed by atoms with E-state index < -0.39 is 0 Å². The molecule has 29 heavy (non-hydrogen) atoms. The van der Waals surface area contributed by atoms with E-state index in [1.165, 1.54) is 11.3 Å². The molecule has 8 heteroatoms. The molecule has 6 nitrogen and oxygen atoms in total. The zero-order valence-corrected chi connectivity index (χ0v) is 17.7. The number of thiazole rings is 1. The molecule has 4 rings (SSSR count). The molecule has 1 atom stereocenters. The van der Waals surface area contributed by atoms with Crippen LogP contribution in [0.5, 0.6) is 11.5 Å². The highest BCUT2D eigenvalue weighted by atomic mass is 32.1. The maximum Gasteiger partial charge on any atom is 0.263 e. The molecule has 1 N–H and O–H groups in total. The molecule has 3 aromatic rings. The smallest absolute Gasteiger partial charge is 0.263 e. The van der Waals surface area contributed by atoms with Gasteiger partial charge in [-0.15, -0.1) is 22.7 Å². The molecule has 0 bridgehead atoms. The van der Waals surface area contributed by atoms with Crippen LogP contribution in [0.25, 0.3) is 9.88 Å². The fourth-order valence-corrected chi connectivity index (χ4v) is 4.70. The number of thiophene rings is 1. The van der Waals surface area contributed by atoms with Gasteiger partial charge in [0.15, 0.2) is 11.5 Å². The molecule has 152 valence electrons. The number of amides is 1. The van der Waals surface area contributed by atoms with Crippen molar-refractivity contribution in [1.82, 2.24) is 10.3 Å². The van der Waals surface area contributed by atoms with E-state index in [0.29, 0.717) is 29.5 Å². The third kappa shape index (κ3) is 4.95. The second kappa shape index (κ2) is 9.39. The van der Waals surface area contributed by atoms with Crippen molar-refractivity contribution in [3.05, 3.63) is 52.3 Å². The summed E-state index contributed by atoms with van der Waals surface area (Å²) in [6.45, 7) is 1.72. The Balaban J connectivity index is 1.34. The van der Waals surface area contributed by atoms with Crippen LogP contribution in [0.4, 0.5) is 0 Å². The van der Waals surface area contributed by atoms with E-state index in [4.69, 9.17) is 14.2 Å². The van der Waals surface area contributed by atoms with E-state index >= 15 is 0 Å². The summed E-state index contributed by atoms with van der Waals surface area (Å²) >= 11 is 3.00. The molecule has 1 amide bonds. The lowest BCUT2D eigenvalue weighted by Crippen LogP contribution is -2.21. The molecule has 1 aliphatic heterocycles. The van der Waals surface area contributed by atoms with Gasteiger partial charge in [0.2, 0.25) is 0 Å². The van der Waals surface area contributed by atoms with E-state index in [-0.39, 0.29) is 12.0 Å². The summed E-state index contributed by atoms with van der Waals surface area (Å²) in [6.07, 6.45) is 3.88. The van der Waals surface area contributed by atoms with Gasteiger partial charge in [-0.3, -0.25) is 4.79 Å². The van der Waals surface area contributed by atoms with Crippen molar-refractivity contribution in [2.45, 2.75) is 25.5 Å². The summed E-state index contributed by atoms with van der Waals surface area (Å²) in [5, 5.41) is 5.80. The Morgan fingerprint density at radius 3 is 3.03 bits per heavy atom. The van der Waals surface area contributed by atoms with Crippen LogP contribution in [0.3, 0.4) is 0 Å². The number of carbonyl (C=O) groups is 1. The highest BCUT2D eigenvalue weighted by Gasteiger charge is 2.17. The van der Waals surface area contributed by atoms with E-state index in [0.717, 1.165) is 34.9 Å². The average molecular weight is 431 g/mol. The Bertz CT molecular complexity index is 950. The fraction of sp³-hybridized carbons (Fsp3) is 0.333. The van der Waals surface area contributed by atoms with Crippen molar-refractivity contribution in [2.75, 3.05) is 20.3 Å². The molecule has 2 aromatic heterocycles. The van der Waals surface area contributed by atoms with Crippen LogP contribution in [0.15, 0.2) is 41.9 Å². The summed E-state index contributed by atoms with van der Waals surface area (Å²) in [5.41, 5.74) is 0.933. The van der Waals surface area contributed by atoms with Crippen molar-refractivity contribution in [2.24, 2.45) is 0 Å². The first kappa shape index (κ1) is 19.9. The average Bonchev–Trinajstić information content (AvgIpc) is 3.52. The number of hydrogen-bond donors (Lipinski definition) is 1. The summed E-state index contributed by atoms with van der Waals surface area (Å²) in [6, 6.07) is 9.66. The zero-order valence-electron chi connectivity index (χ0n) is 16.1. The molecule has 1 aromatic carbocycles. The molecule has 1 saturated heterocycles. The number of methoxy groups -OCH3 is 1. The van der Waals surface area contributed by atoms with Crippen LogP contribution in [0.1, 0.15) is 28.1 Å². The minimum Gasteiger partial charge on any atom is -0.493 e. The number of carbonyl (C=O) groups excluding carboxylic acids is 1. The zero-order chi connectivity index (χ0) is 20.1. The molecule has 0 aliphatic carbocycles. The number of nitrogens with zero attached hydrogens (tertiary/aromatic N) is 1. The molecular weight excluding hydrogens is 408 g/mol. The van der Waals surface area contributed by atoms with Crippen LogP contribution in [0.2, 0.25) is 0 Å². The van der Waals surface area contributed by atoms with Gasteiger partial charge in [-0.05, 0) is 42.0 Å². The van der Waals surface area contributed by atoms with Gasteiger partial charge in [0.1, 0.15) is 16.5 Å². The monoisotopic (exact) mass is 430 g/mol. The maximum atomic E-state index is 12.5. The maximum absolute atomic E-state index is 12.5. The number of hydrogen-bond acceptors (Lipinski definition) is 7. The lowest BCUT2D eigenvalue weighted by molar-refractivity contribution is 0.0669. The molecular formula is C21H22N2O4S2. The van der Waals surface area contributed by atoms with Crippen LogP contribution < -0.4 is 14.8 Å². The van der Waals surface area contributed by atoms with Crippen LogP contribution >= 0.6 is 22.7 Å². The largest absolute Gasteiger partial charge is 0.493 e. The van der Waals surface area contributed by atoms with Gasteiger partial charge in [0, 0.05) is 13.2 Å². The second-order valence-corrected chi connectivity index (χ2v) is 8.60. The standard InChI is InChI=1S/C21H22N2O4S2/c1-25-17-10-14(6-7-16(17)27-13-15-4-2-8-26-15)11-22-20(24)19-12-23-21(29-19)18-5-3-9-28-18/h3,5-7,9-10,12,15H,2,4,8,11,13H2,1H3,(H,22,24). The lowest BCUT2D eigenvalue weighted by Gasteiger charge is -2.15. The normalized spacial score (nSPS) is 16.0. The highest BCUT2D eigenvalue weighted by Crippen LogP contribution is 2.30. The molecule has 0 radical (unpaired) electrons. The van der Waals surface area contributed by atoms with E-state index in [1.54, 1.807) is 24.6 Å². The summed E-state index contributed by atoms with van der Waals surface area (Å²) in [4.78, 5) is 18.5. The van der Waals surface area contributed by atoms with Crippen molar-refractivity contribution in [3.8, 4) is 21.4 Å². The molecule has 0 spiro atoms. The number of ether oxygens (including phenoxy) is 3. The highest BCUT2D eigenvalue weighted by molar-refractivity contribution is 7.21. The Hall–Kier alpha value is -2.42. The van der Waals surface area contributed by atoms with Gasteiger partial charge in [-0.2, -0.15) is 0 Å². The number of nitrogens with one attached hydrogen (secondary N) is 1. The van der Waals surface area contributed by atoms with E-state index in [9.17, 15) is 4.79 Å². The van der Waals surface area contributed by atoms with Gasteiger partial charge < -0.3 is 19.5 Å². The molecule has 1 fully saturated rings. The quantitative estimate of drug-likeness (QED) is 0.575. The number of aromatic nitrogens is 1. The van der Waals surface area contributed by atoms with Crippen LogP contribution in [-0.4, -0.2) is 37.3 Å². The SMILES string of the molecule is COc1cc(CNC(=O)c2cnc(-c3cccs3)s2)ccc1OCC1CCCO1. The summed E-state index contributed by atoms with van der Waals surface area (Å²) < 4.78 is 16.9. The van der Waals surface area contributed by atoms with Crippen LogP contribution in [-0.2, 0) is 11.3 Å². The third-order valence-corrected chi connectivity index (χ3v) is 6.63. The van der Waals surface area contributed by atoms with Crippen LogP contribution in [0, 0.1) is 0 Å². The summed E-state index contributed by atoms with van der Waals surface area (Å²) in [7, 11) is 1.61. The van der Waals surface area contributed by atoms with Gasteiger partial charge in [0.25, 0.3) is 5.91 Å². The first-order valence-corrected chi connectivity index (χ1v) is 11.1. The minimum atomic E-state index is -0.136. The lowest BCUT2D eigenvalue weighted by atomic mass is 10.2. The van der Waals surface area contributed by atoms with Gasteiger partial charge in [-0.1, -0.05) is 12.1 Å². The predicted octanol–water partition coefficient (Wildman–Crippen LogP) is 4.37. The third-order valence-electron chi connectivity index (χ3n) is 4.59. The van der Waals surface area contributed by atoms with Crippen molar-refractivity contribution in [3.63, 3.8) is 0 Å². The van der Waals surface area contributed by atoms with Gasteiger partial charge in [0.05, 0.1) is 24.3 Å². The Kier molecular flexibility index (Phi) is 6.43. The fourth-order valence-electron chi connectivity index (χ4n) is 3.06.